The molecule has 1 N–H and O–H groups in total. The van der Waals surface area contributed by atoms with E-state index in [9.17, 15) is 9.90 Å². The van der Waals surface area contributed by atoms with Crippen LogP contribution in [-0.2, 0) is 4.79 Å². The second kappa shape index (κ2) is 7.15. The molecule has 0 unspecified atom stereocenters. The van der Waals surface area contributed by atoms with E-state index in [0.29, 0.717) is 19.1 Å². The topological polar surface area (TPSA) is 67.1 Å². The zero-order valence-corrected chi connectivity index (χ0v) is 14.9. The molecule has 1 atom stereocenters. The quantitative estimate of drug-likeness (QED) is 0.707. The average molecular weight is 363 g/mol. The van der Waals surface area contributed by atoms with Crippen molar-refractivity contribution in [1.82, 2.24) is 14.3 Å². The number of benzene rings is 1. The molecule has 0 saturated carbocycles. The lowest BCUT2D eigenvalue weighted by Crippen LogP contribution is -2.27. The minimum atomic E-state index is -0.0231. The van der Waals surface area contributed by atoms with Gasteiger partial charge in [0, 0.05) is 30.8 Å². The number of carbonyl (C=O) groups is 1. The van der Waals surface area contributed by atoms with Crippen molar-refractivity contribution in [3.63, 3.8) is 0 Å². The third kappa shape index (κ3) is 3.51. The number of aromatic hydroxyl groups is 1. The average Bonchev–Trinajstić information content (AvgIpc) is 3.35. The summed E-state index contributed by atoms with van der Waals surface area (Å²) in [6.45, 7) is 5.53. The van der Waals surface area contributed by atoms with Crippen molar-refractivity contribution in [2.75, 3.05) is 19.7 Å². The van der Waals surface area contributed by atoms with Crippen molar-refractivity contribution in [3.05, 3.63) is 61.7 Å². The molecule has 1 fully saturated rings. The number of pyridine rings is 1. The van der Waals surface area contributed by atoms with Crippen LogP contribution < -0.4 is 4.74 Å². The van der Waals surface area contributed by atoms with Gasteiger partial charge >= 0.3 is 0 Å². The second-order valence-corrected chi connectivity index (χ2v) is 6.78. The lowest BCUT2D eigenvalue weighted by molar-refractivity contribution is -0.125. The van der Waals surface area contributed by atoms with E-state index in [0.717, 1.165) is 35.4 Å². The normalized spacial score (nSPS) is 16.6. The van der Waals surface area contributed by atoms with Crippen molar-refractivity contribution >= 4 is 11.4 Å². The van der Waals surface area contributed by atoms with Gasteiger partial charge in [0.2, 0.25) is 5.91 Å². The zero-order chi connectivity index (χ0) is 18.8. The highest BCUT2D eigenvalue weighted by Gasteiger charge is 2.25. The fourth-order valence-corrected chi connectivity index (χ4v) is 3.43. The van der Waals surface area contributed by atoms with E-state index in [2.05, 4.69) is 11.6 Å². The van der Waals surface area contributed by atoms with Gasteiger partial charge in [0.25, 0.3) is 0 Å². The highest BCUT2D eigenvalue weighted by atomic mass is 16.5. The molecule has 0 radical (unpaired) electrons. The monoisotopic (exact) mass is 363 g/mol. The third-order valence-corrected chi connectivity index (χ3v) is 4.93. The summed E-state index contributed by atoms with van der Waals surface area (Å²) in [5, 5.41) is 9.51. The number of nitrogens with zero attached hydrogens (tertiary/aromatic N) is 3. The number of hydrogen-bond acceptors (Lipinski definition) is 4. The Bertz CT molecular complexity index is 978. The van der Waals surface area contributed by atoms with E-state index >= 15 is 0 Å². The van der Waals surface area contributed by atoms with E-state index in [4.69, 9.17) is 4.74 Å². The molecule has 1 saturated heterocycles. The van der Waals surface area contributed by atoms with Gasteiger partial charge in [-0.3, -0.25) is 4.79 Å². The number of aromatic nitrogens is 2. The molecule has 3 aromatic rings. The van der Waals surface area contributed by atoms with Crippen LogP contribution >= 0.6 is 0 Å². The molecule has 0 bridgehead atoms. The van der Waals surface area contributed by atoms with Crippen LogP contribution in [0.5, 0.6) is 11.5 Å². The lowest BCUT2D eigenvalue weighted by atomic mass is 10.1. The van der Waals surface area contributed by atoms with E-state index in [1.165, 1.54) is 6.08 Å². The number of amides is 1. The van der Waals surface area contributed by atoms with E-state index < -0.39 is 0 Å². The summed E-state index contributed by atoms with van der Waals surface area (Å²) >= 11 is 0. The first-order valence-electron chi connectivity index (χ1n) is 8.93. The Morgan fingerprint density at radius 3 is 2.93 bits per heavy atom. The van der Waals surface area contributed by atoms with Gasteiger partial charge in [-0.25, -0.2) is 4.98 Å². The molecule has 2 aromatic heterocycles. The molecule has 0 aliphatic carbocycles. The standard InChI is InChI=1S/C21H21N3O3/c1-2-21(26)23-8-7-15(11-23)13-27-20-9-17(12-24-14-22-10-19(20)24)16-3-5-18(25)6-4-16/h2-6,9-10,12,14-15,25H,1,7-8,11,13H2/t15-/m0/s1. The summed E-state index contributed by atoms with van der Waals surface area (Å²) in [5.41, 5.74) is 2.86. The predicted octanol–water partition coefficient (Wildman–Crippen LogP) is 3.12. The van der Waals surface area contributed by atoms with Crippen molar-refractivity contribution in [3.8, 4) is 22.6 Å². The molecular weight excluding hydrogens is 342 g/mol. The van der Waals surface area contributed by atoms with Crippen molar-refractivity contribution < 1.29 is 14.6 Å². The maximum atomic E-state index is 11.7. The SMILES string of the molecule is C=CC(=O)N1CC[C@H](COc2cc(-c3ccc(O)cc3)cn3cncc23)C1. The van der Waals surface area contributed by atoms with E-state index in [1.54, 1.807) is 24.7 Å². The van der Waals surface area contributed by atoms with Crippen LogP contribution in [0.25, 0.3) is 16.6 Å². The van der Waals surface area contributed by atoms with Crippen molar-refractivity contribution in [1.29, 1.82) is 0 Å². The number of hydrogen-bond donors (Lipinski definition) is 1. The number of imidazole rings is 1. The molecule has 6 heteroatoms. The lowest BCUT2D eigenvalue weighted by Gasteiger charge is -2.16. The number of ether oxygens (including phenoxy) is 1. The first-order valence-corrected chi connectivity index (χ1v) is 8.93. The second-order valence-electron chi connectivity index (χ2n) is 6.78. The van der Waals surface area contributed by atoms with Gasteiger partial charge in [-0.05, 0) is 36.3 Å². The fraction of sp³-hybridized carbons (Fsp3) is 0.238. The summed E-state index contributed by atoms with van der Waals surface area (Å²) in [6, 6.07) is 9.06. The van der Waals surface area contributed by atoms with Crippen LogP contribution in [0.1, 0.15) is 6.42 Å². The van der Waals surface area contributed by atoms with Crippen LogP contribution in [0.15, 0.2) is 61.7 Å². The Hall–Kier alpha value is -3.28. The molecule has 1 aliphatic rings. The molecule has 1 aromatic carbocycles. The fourth-order valence-electron chi connectivity index (χ4n) is 3.43. The van der Waals surface area contributed by atoms with Crippen LogP contribution in [0.3, 0.4) is 0 Å². The van der Waals surface area contributed by atoms with Crippen LogP contribution in [0.4, 0.5) is 0 Å². The minimum absolute atomic E-state index is 0.0231. The molecule has 1 aliphatic heterocycles. The molecule has 0 spiro atoms. The Balaban J connectivity index is 1.54. The van der Waals surface area contributed by atoms with E-state index in [-0.39, 0.29) is 11.7 Å². The zero-order valence-electron chi connectivity index (χ0n) is 14.9. The van der Waals surface area contributed by atoms with Gasteiger partial charge < -0.3 is 19.1 Å². The molecule has 138 valence electrons. The van der Waals surface area contributed by atoms with E-state index in [1.807, 2.05) is 33.7 Å². The third-order valence-electron chi connectivity index (χ3n) is 4.93. The maximum Gasteiger partial charge on any atom is 0.245 e. The largest absolute Gasteiger partial charge is 0.508 e. The highest BCUT2D eigenvalue weighted by Crippen LogP contribution is 2.30. The van der Waals surface area contributed by atoms with Gasteiger partial charge in [-0.2, -0.15) is 0 Å². The number of phenolic OH excluding ortho intramolecular Hbond substituents is 1. The Morgan fingerprint density at radius 2 is 2.15 bits per heavy atom. The smallest absolute Gasteiger partial charge is 0.245 e. The number of carbonyl (C=O) groups excluding carboxylic acids is 1. The Labute approximate surface area is 157 Å². The van der Waals surface area contributed by atoms with Gasteiger partial charge in [-0.15, -0.1) is 0 Å². The van der Waals surface area contributed by atoms with Crippen molar-refractivity contribution in [2.24, 2.45) is 5.92 Å². The maximum absolute atomic E-state index is 11.7. The highest BCUT2D eigenvalue weighted by molar-refractivity contribution is 5.87. The molecular formula is C21H21N3O3. The van der Waals surface area contributed by atoms with Gasteiger partial charge in [0.15, 0.2) is 0 Å². The van der Waals surface area contributed by atoms with Crippen molar-refractivity contribution in [2.45, 2.75) is 6.42 Å². The predicted molar refractivity (Wildman–Crippen MR) is 103 cm³/mol. The molecule has 6 nitrogen and oxygen atoms in total. The Morgan fingerprint density at radius 1 is 1.33 bits per heavy atom. The molecule has 3 heterocycles. The number of rotatable bonds is 5. The summed E-state index contributed by atoms with van der Waals surface area (Å²) < 4.78 is 8.07. The number of phenols is 1. The molecule has 1 amide bonds. The molecule has 4 rings (SSSR count). The van der Waals surface area contributed by atoms with Crippen LogP contribution in [0.2, 0.25) is 0 Å². The molecule has 27 heavy (non-hydrogen) atoms. The van der Waals surface area contributed by atoms with Crippen LogP contribution in [-0.4, -0.2) is 45.0 Å². The summed E-state index contributed by atoms with van der Waals surface area (Å²) in [5.74, 6) is 1.27. The minimum Gasteiger partial charge on any atom is -0.508 e. The van der Waals surface area contributed by atoms with Crippen LogP contribution in [0, 0.1) is 5.92 Å². The van der Waals surface area contributed by atoms with Gasteiger partial charge in [0.1, 0.15) is 17.0 Å². The Kier molecular flexibility index (Phi) is 4.54. The summed E-state index contributed by atoms with van der Waals surface area (Å²) in [6.07, 6.45) is 7.79. The first kappa shape index (κ1) is 17.1. The number of fused-ring (bicyclic) bond motifs is 1. The van der Waals surface area contributed by atoms with Gasteiger partial charge in [0.05, 0.1) is 19.1 Å². The number of likely N-dealkylation sites (tertiary alicyclic amines) is 1. The first-order chi connectivity index (χ1) is 13.1. The van der Waals surface area contributed by atoms with Gasteiger partial charge in [-0.1, -0.05) is 18.7 Å². The summed E-state index contributed by atoms with van der Waals surface area (Å²) in [4.78, 5) is 17.8. The summed E-state index contributed by atoms with van der Waals surface area (Å²) in [7, 11) is 0.